The highest BCUT2D eigenvalue weighted by molar-refractivity contribution is 4.94. The lowest BCUT2D eigenvalue weighted by Crippen LogP contribution is -2.39. The molecule has 0 aromatic rings. The van der Waals surface area contributed by atoms with Crippen molar-refractivity contribution >= 4 is 0 Å². The average Bonchev–Trinajstić information content (AvgIpc) is 2.27. The van der Waals surface area contributed by atoms with E-state index >= 15 is 0 Å². The Morgan fingerprint density at radius 2 is 1.21 bits per heavy atom. The third kappa shape index (κ3) is 3.56. The SMILES string of the molecule is CC(C)(C)C1CCC2(CCCC(C(C)(C)C)C2)CC1. The Kier molecular flexibility index (Phi) is 4.11. The van der Waals surface area contributed by atoms with Crippen LogP contribution in [0.15, 0.2) is 0 Å². The summed E-state index contributed by atoms with van der Waals surface area (Å²) in [6.07, 6.45) is 12.0. The molecule has 1 atom stereocenters. The fraction of sp³-hybridized carbons (Fsp3) is 1.00. The Morgan fingerprint density at radius 1 is 0.684 bits per heavy atom. The van der Waals surface area contributed by atoms with Crippen molar-refractivity contribution in [3.8, 4) is 0 Å². The zero-order chi connectivity index (χ0) is 14.3. The first-order valence-corrected chi connectivity index (χ1v) is 8.62. The van der Waals surface area contributed by atoms with Gasteiger partial charge in [0.25, 0.3) is 0 Å². The van der Waals surface area contributed by atoms with Crippen molar-refractivity contribution in [2.45, 2.75) is 92.9 Å². The van der Waals surface area contributed by atoms with Crippen LogP contribution in [0.4, 0.5) is 0 Å². The zero-order valence-electron chi connectivity index (χ0n) is 14.3. The average molecular weight is 264 g/mol. The van der Waals surface area contributed by atoms with E-state index in [9.17, 15) is 0 Å². The second kappa shape index (κ2) is 5.08. The molecule has 1 spiro atoms. The lowest BCUT2D eigenvalue weighted by molar-refractivity contribution is 0.0101. The summed E-state index contributed by atoms with van der Waals surface area (Å²) in [4.78, 5) is 0. The van der Waals surface area contributed by atoms with Gasteiger partial charge in [0, 0.05) is 0 Å². The first kappa shape index (κ1) is 15.4. The molecule has 112 valence electrons. The minimum Gasteiger partial charge on any atom is -0.0599 e. The van der Waals surface area contributed by atoms with Crippen molar-refractivity contribution in [2.75, 3.05) is 0 Å². The van der Waals surface area contributed by atoms with Gasteiger partial charge in [-0.25, -0.2) is 0 Å². The molecule has 2 aliphatic rings. The van der Waals surface area contributed by atoms with Gasteiger partial charge >= 0.3 is 0 Å². The summed E-state index contributed by atoms with van der Waals surface area (Å²) in [5, 5.41) is 0. The number of rotatable bonds is 0. The van der Waals surface area contributed by atoms with Crippen LogP contribution in [0.5, 0.6) is 0 Å². The molecule has 2 fully saturated rings. The van der Waals surface area contributed by atoms with E-state index in [4.69, 9.17) is 0 Å². The molecule has 0 aromatic heterocycles. The van der Waals surface area contributed by atoms with E-state index in [0.717, 1.165) is 17.3 Å². The van der Waals surface area contributed by atoms with Crippen molar-refractivity contribution in [1.82, 2.24) is 0 Å². The maximum atomic E-state index is 2.46. The molecule has 0 N–H and O–H groups in total. The van der Waals surface area contributed by atoms with Crippen LogP contribution in [0.25, 0.3) is 0 Å². The van der Waals surface area contributed by atoms with E-state index in [1.807, 2.05) is 0 Å². The molecule has 1 unspecified atom stereocenters. The van der Waals surface area contributed by atoms with Gasteiger partial charge in [-0.2, -0.15) is 0 Å². The summed E-state index contributed by atoms with van der Waals surface area (Å²) in [6, 6.07) is 0. The lowest BCUT2D eigenvalue weighted by Gasteiger charge is -2.50. The van der Waals surface area contributed by atoms with Crippen molar-refractivity contribution in [3.63, 3.8) is 0 Å². The van der Waals surface area contributed by atoms with Crippen LogP contribution in [0.1, 0.15) is 92.9 Å². The molecule has 0 aromatic carbocycles. The quantitative estimate of drug-likeness (QED) is 0.472. The van der Waals surface area contributed by atoms with E-state index in [0.29, 0.717) is 10.8 Å². The molecule has 0 saturated heterocycles. The van der Waals surface area contributed by atoms with Gasteiger partial charge in [-0.3, -0.25) is 0 Å². The maximum absolute atomic E-state index is 2.46. The first-order valence-electron chi connectivity index (χ1n) is 8.62. The standard InChI is InChI=1S/C19H36/c1-17(2,3)15-9-12-19(13-10-15)11-7-8-16(14-19)18(4,5)6/h15-16H,7-14H2,1-6H3. The van der Waals surface area contributed by atoms with Crippen LogP contribution in [0.2, 0.25) is 0 Å². The molecule has 0 heterocycles. The molecule has 2 rings (SSSR count). The Hall–Kier alpha value is 0. The highest BCUT2D eigenvalue weighted by Gasteiger charge is 2.43. The minimum absolute atomic E-state index is 0.522. The molecule has 0 nitrogen and oxygen atoms in total. The van der Waals surface area contributed by atoms with Crippen LogP contribution < -0.4 is 0 Å². The van der Waals surface area contributed by atoms with Gasteiger partial charge in [-0.1, -0.05) is 48.0 Å². The molecule has 0 heteroatoms. The van der Waals surface area contributed by atoms with Gasteiger partial charge in [-0.15, -0.1) is 0 Å². The topological polar surface area (TPSA) is 0 Å². The summed E-state index contributed by atoms with van der Waals surface area (Å²) >= 11 is 0. The largest absolute Gasteiger partial charge is 0.0599 e. The van der Waals surface area contributed by atoms with Gasteiger partial charge in [0.1, 0.15) is 0 Å². The highest BCUT2D eigenvalue weighted by Crippen LogP contribution is 2.55. The minimum atomic E-state index is 0.522. The third-order valence-electron chi connectivity index (χ3n) is 6.43. The Morgan fingerprint density at radius 3 is 1.68 bits per heavy atom. The summed E-state index contributed by atoms with van der Waals surface area (Å²) in [7, 11) is 0. The first-order chi connectivity index (χ1) is 8.62. The molecular formula is C19H36. The van der Waals surface area contributed by atoms with Gasteiger partial charge in [0.2, 0.25) is 0 Å². The molecule has 0 bridgehead atoms. The van der Waals surface area contributed by atoms with Crippen LogP contribution in [-0.2, 0) is 0 Å². The maximum Gasteiger partial charge on any atom is -0.0294 e. The van der Waals surface area contributed by atoms with Crippen LogP contribution in [0, 0.1) is 28.1 Å². The van der Waals surface area contributed by atoms with E-state index < -0.39 is 0 Å². The summed E-state index contributed by atoms with van der Waals surface area (Å²) in [5.41, 5.74) is 1.78. The molecular weight excluding hydrogens is 228 g/mol. The van der Waals surface area contributed by atoms with Crippen molar-refractivity contribution in [1.29, 1.82) is 0 Å². The third-order valence-corrected chi connectivity index (χ3v) is 6.43. The van der Waals surface area contributed by atoms with Gasteiger partial charge in [-0.05, 0) is 73.0 Å². The summed E-state index contributed by atoms with van der Waals surface area (Å²) < 4.78 is 0. The normalized spacial score (nSPS) is 37.6. The molecule has 0 aliphatic heterocycles. The van der Waals surface area contributed by atoms with E-state index in [1.165, 1.54) is 51.4 Å². The zero-order valence-corrected chi connectivity index (χ0v) is 14.3. The van der Waals surface area contributed by atoms with Gasteiger partial charge < -0.3 is 0 Å². The summed E-state index contributed by atoms with van der Waals surface area (Å²) in [6.45, 7) is 14.7. The predicted octanol–water partition coefficient (Wildman–Crippen LogP) is 6.45. The number of hydrogen-bond donors (Lipinski definition) is 0. The predicted molar refractivity (Wildman–Crippen MR) is 85.3 cm³/mol. The van der Waals surface area contributed by atoms with E-state index in [1.54, 1.807) is 0 Å². The summed E-state index contributed by atoms with van der Waals surface area (Å²) in [5.74, 6) is 1.93. The Bertz CT molecular complexity index is 291. The second-order valence-electron chi connectivity index (χ2n) is 9.80. The van der Waals surface area contributed by atoms with Gasteiger partial charge in [0.15, 0.2) is 0 Å². The monoisotopic (exact) mass is 264 g/mol. The Labute approximate surface area is 121 Å². The fourth-order valence-electron chi connectivity index (χ4n) is 4.74. The van der Waals surface area contributed by atoms with Crippen LogP contribution >= 0.6 is 0 Å². The van der Waals surface area contributed by atoms with Gasteiger partial charge in [0.05, 0.1) is 0 Å². The van der Waals surface area contributed by atoms with Crippen LogP contribution in [0.3, 0.4) is 0 Å². The van der Waals surface area contributed by atoms with Crippen LogP contribution in [-0.4, -0.2) is 0 Å². The molecule has 2 saturated carbocycles. The Balaban J connectivity index is 1.98. The molecule has 19 heavy (non-hydrogen) atoms. The highest BCUT2D eigenvalue weighted by atomic mass is 14.5. The lowest BCUT2D eigenvalue weighted by atomic mass is 9.55. The van der Waals surface area contributed by atoms with Crippen molar-refractivity contribution in [3.05, 3.63) is 0 Å². The second-order valence-corrected chi connectivity index (χ2v) is 9.80. The number of hydrogen-bond acceptors (Lipinski definition) is 0. The molecule has 2 aliphatic carbocycles. The van der Waals surface area contributed by atoms with E-state index in [-0.39, 0.29) is 0 Å². The van der Waals surface area contributed by atoms with Crippen molar-refractivity contribution < 1.29 is 0 Å². The molecule has 0 amide bonds. The molecule has 0 radical (unpaired) electrons. The smallest absolute Gasteiger partial charge is 0.0294 e. The fourth-order valence-corrected chi connectivity index (χ4v) is 4.74. The van der Waals surface area contributed by atoms with E-state index in [2.05, 4.69) is 41.5 Å². The van der Waals surface area contributed by atoms with Crippen molar-refractivity contribution in [2.24, 2.45) is 28.1 Å².